The van der Waals surface area contributed by atoms with Gasteiger partial charge in [-0.2, -0.15) is 5.10 Å². The average molecular weight is 496 g/mol. The van der Waals surface area contributed by atoms with Gasteiger partial charge in [0.05, 0.1) is 18.0 Å². The Morgan fingerprint density at radius 1 is 1.12 bits per heavy atom. The summed E-state index contributed by atoms with van der Waals surface area (Å²) >= 11 is 7.40. The van der Waals surface area contributed by atoms with Gasteiger partial charge < -0.3 is 5.32 Å². The molecule has 0 fully saturated rings. The standard InChI is InChI=1S/C25H26ClN5O2S/c1-5-31-23-22(17(4)29-31)28-25(30(24(23)33)13-18-9-6-15(2)7-10-18)34-14-21(32)27-19-11-8-16(3)20(26)12-19/h6-12H,5,13-14H2,1-4H3,(H,27,32). The minimum atomic E-state index is -0.206. The van der Waals surface area contributed by atoms with Crippen LogP contribution in [0.15, 0.2) is 52.4 Å². The first-order valence-corrected chi connectivity index (χ1v) is 12.4. The highest BCUT2D eigenvalue weighted by atomic mass is 35.5. The second kappa shape index (κ2) is 10.0. The molecule has 0 radical (unpaired) electrons. The Morgan fingerprint density at radius 2 is 1.85 bits per heavy atom. The SMILES string of the molecule is CCn1nc(C)c2nc(SCC(=O)Nc3ccc(C)c(Cl)c3)n(Cc3ccc(C)cc3)c(=O)c21. The van der Waals surface area contributed by atoms with Crippen LogP contribution in [0.1, 0.15) is 29.3 Å². The number of carbonyl (C=O) groups is 1. The second-order valence-electron chi connectivity index (χ2n) is 8.17. The number of thioether (sulfide) groups is 1. The fourth-order valence-corrected chi connectivity index (χ4v) is 4.61. The van der Waals surface area contributed by atoms with Crippen molar-refractivity contribution in [3.05, 3.63) is 80.2 Å². The molecule has 2 aromatic carbocycles. The van der Waals surface area contributed by atoms with E-state index < -0.39 is 0 Å². The Balaban J connectivity index is 1.66. The van der Waals surface area contributed by atoms with Crippen LogP contribution >= 0.6 is 23.4 Å². The molecule has 1 amide bonds. The zero-order valence-corrected chi connectivity index (χ0v) is 21.1. The molecule has 2 aromatic heterocycles. The maximum Gasteiger partial charge on any atom is 0.280 e. The molecule has 0 aliphatic rings. The lowest BCUT2D eigenvalue weighted by molar-refractivity contribution is -0.113. The van der Waals surface area contributed by atoms with Crippen molar-refractivity contribution in [3.8, 4) is 0 Å². The zero-order valence-electron chi connectivity index (χ0n) is 19.6. The number of hydrogen-bond donors (Lipinski definition) is 1. The molecule has 0 aliphatic heterocycles. The summed E-state index contributed by atoms with van der Waals surface area (Å²) in [6.07, 6.45) is 0. The number of halogens is 1. The smallest absolute Gasteiger partial charge is 0.280 e. The number of fused-ring (bicyclic) bond motifs is 1. The molecule has 0 aliphatic carbocycles. The fraction of sp³-hybridized carbons (Fsp3) is 0.280. The number of nitrogens with one attached hydrogen (secondary N) is 1. The normalized spacial score (nSPS) is 11.2. The predicted octanol–water partition coefficient (Wildman–Crippen LogP) is 4.97. The molecule has 7 nitrogen and oxygen atoms in total. The molecular formula is C25H26ClN5O2S. The number of benzene rings is 2. The molecule has 0 saturated carbocycles. The van der Waals surface area contributed by atoms with Gasteiger partial charge in [0.15, 0.2) is 10.7 Å². The van der Waals surface area contributed by atoms with Gasteiger partial charge >= 0.3 is 0 Å². The minimum absolute atomic E-state index is 0.0955. The van der Waals surface area contributed by atoms with Crippen LogP contribution in [0.5, 0.6) is 0 Å². The number of aryl methyl sites for hydroxylation is 4. The Bertz CT molecular complexity index is 1430. The van der Waals surface area contributed by atoms with Crippen molar-refractivity contribution in [1.29, 1.82) is 0 Å². The van der Waals surface area contributed by atoms with Crippen LogP contribution in [0.3, 0.4) is 0 Å². The van der Waals surface area contributed by atoms with Crippen molar-refractivity contribution >= 4 is 46.0 Å². The van der Waals surface area contributed by atoms with E-state index in [0.717, 1.165) is 16.7 Å². The van der Waals surface area contributed by atoms with Crippen LogP contribution in [0.2, 0.25) is 5.02 Å². The van der Waals surface area contributed by atoms with Gasteiger partial charge in [-0.1, -0.05) is 59.3 Å². The van der Waals surface area contributed by atoms with Gasteiger partial charge in [-0.15, -0.1) is 0 Å². The van der Waals surface area contributed by atoms with Crippen LogP contribution in [0, 0.1) is 20.8 Å². The zero-order chi connectivity index (χ0) is 24.4. The average Bonchev–Trinajstić information content (AvgIpc) is 3.14. The van der Waals surface area contributed by atoms with Crippen LogP contribution in [0.4, 0.5) is 5.69 Å². The van der Waals surface area contributed by atoms with Crippen molar-refractivity contribution in [2.75, 3.05) is 11.1 Å². The molecule has 4 rings (SSSR count). The Morgan fingerprint density at radius 3 is 2.53 bits per heavy atom. The maximum absolute atomic E-state index is 13.6. The van der Waals surface area contributed by atoms with E-state index >= 15 is 0 Å². The molecule has 0 bridgehead atoms. The largest absolute Gasteiger partial charge is 0.325 e. The number of hydrogen-bond acceptors (Lipinski definition) is 5. The first-order valence-electron chi connectivity index (χ1n) is 11.0. The highest BCUT2D eigenvalue weighted by molar-refractivity contribution is 7.99. The monoisotopic (exact) mass is 495 g/mol. The molecule has 0 spiro atoms. The molecule has 0 atom stereocenters. The number of nitrogens with zero attached hydrogens (tertiary/aromatic N) is 4. The quantitative estimate of drug-likeness (QED) is 0.289. The van der Waals surface area contributed by atoms with Crippen molar-refractivity contribution < 1.29 is 4.79 Å². The van der Waals surface area contributed by atoms with E-state index in [2.05, 4.69) is 10.4 Å². The third kappa shape index (κ3) is 5.03. The lowest BCUT2D eigenvalue weighted by Gasteiger charge is -2.13. The van der Waals surface area contributed by atoms with Crippen molar-refractivity contribution in [2.24, 2.45) is 0 Å². The van der Waals surface area contributed by atoms with E-state index in [1.165, 1.54) is 11.8 Å². The summed E-state index contributed by atoms with van der Waals surface area (Å²) in [4.78, 5) is 31.0. The van der Waals surface area contributed by atoms with Crippen molar-refractivity contribution in [1.82, 2.24) is 19.3 Å². The molecule has 0 saturated heterocycles. The Kier molecular flexibility index (Phi) is 7.09. The van der Waals surface area contributed by atoms with Crippen LogP contribution in [0.25, 0.3) is 11.0 Å². The van der Waals surface area contributed by atoms with Gasteiger partial charge in [0.2, 0.25) is 5.91 Å². The molecule has 9 heteroatoms. The maximum atomic E-state index is 13.6. The lowest BCUT2D eigenvalue weighted by Crippen LogP contribution is -2.26. The van der Waals surface area contributed by atoms with E-state index in [1.54, 1.807) is 15.3 Å². The first-order chi connectivity index (χ1) is 16.3. The molecule has 1 N–H and O–H groups in total. The number of rotatable bonds is 7. The van der Waals surface area contributed by atoms with Gasteiger partial charge in [0, 0.05) is 17.3 Å². The number of amides is 1. The first kappa shape index (κ1) is 24.0. The van der Waals surface area contributed by atoms with Gasteiger partial charge in [0.25, 0.3) is 5.56 Å². The molecule has 34 heavy (non-hydrogen) atoms. The molecular weight excluding hydrogens is 470 g/mol. The molecule has 2 heterocycles. The van der Waals surface area contributed by atoms with E-state index in [9.17, 15) is 9.59 Å². The summed E-state index contributed by atoms with van der Waals surface area (Å²) in [6.45, 7) is 8.63. The van der Waals surface area contributed by atoms with Gasteiger partial charge in [-0.3, -0.25) is 18.8 Å². The summed E-state index contributed by atoms with van der Waals surface area (Å²) < 4.78 is 3.31. The van der Waals surface area contributed by atoms with Crippen molar-refractivity contribution in [3.63, 3.8) is 0 Å². The third-order valence-corrected chi connectivity index (χ3v) is 6.91. The minimum Gasteiger partial charge on any atom is -0.325 e. The summed E-state index contributed by atoms with van der Waals surface area (Å²) in [6, 6.07) is 13.4. The number of anilines is 1. The summed E-state index contributed by atoms with van der Waals surface area (Å²) in [5.74, 6) is -0.111. The Hall–Kier alpha value is -3.10. The van der Waals surface area contributed by atoms with Crippen LogP contribution < -0.4 is 10.9 Å². The Labute approximate surface area is 207 Å². The van der Waals surface area contributed by atoms with Gasteiger partial charge in [0.1, 0.15) is 5.52 Å². The number of carbonyl (C=O) groups excluding carboxylic acids is 1. The van der Waals surface area contributed by atoms with Crippen LogP contribution in [-0.2, 0) is 17.9 Å². The van der Waals surface area contributed by atoms with Crippen LogP contribution in [-0.4, -0.2) is 31.0 Å². The summed E-state index contributed by atoms with van der Waals surface area (Å²) in [5, 5.41) is 8.40. The van der Waals surface area contributed by atoms with Crippen molar-refractivity contribution in [2.45, 2.75) is 45.9 Å². The predicted molar refractivity (Wildman–Crippen MR) is 138 cm³/mol. The molecule has 4 aromatic rings. The summed E-state index contributed by atoms with van der Waals surface area (Å²) in [5.41, 5.74) is 5.27. The highest BCUT2D eigenvalue weighted by Crippen LogP contribution is 2.23. The van der Waals surface area contributed by atoms with E-state index in [0.29, 0.717) is 45.7 Å². The topological polar surface area (TPSA) is 81.8 Å². The van der Waals surface area contributed by atoms with Gasteiger partial charge in [-0.05, 0) is 51.0 Å². The van der Waals surface area contributed by atoms with E-state index in [4.69, 9.17) is 16.6 Å². The molecule has 0 unspecified atom stereocenters. The van der Waals surface area contributed by atoms with Gasteiger partial charge in [-0.25, -0.2) is 4.98 Å². The summed E-state index contributed by atoms with van der Waals surface area (Å²) in [7, 11) is 0. The fourth-order valence-electron chi connectivity index (χ4n) is 3.64. The number of aromatic nitrogens is 4. The van der Waals surface area contributed by atoms with E-state index in [-0.39, 0.29) is 17.2 Å². The lowest BCUT2D eigenvalue weighted by atomic mass is 10.1. The molecule has 176 valence electrons. The van der Waals surface area contributed by atoms with E-state index in [1.807, 2.05) is 64.1 Å². The highest BCUT2D eigenvalue weighted by Gasteiger charge is 2.19. The third-order valence-electron chi connectivity index (χ3n) is 5.53. The second-order valence-corrected chi connectivity index (χ2v) is 9.52.